The SMILES string of the molecule is Cc1cccc(S(=O)(=O)N(C)C(C)CN)c1F. The average Bonchev–Trinajstić information content (AvgIpc) is 2.30. The Kier molecular flexibility index (Phi) is 4.24. The molecule has 6 heteroatoms. The van der Waals surface area contributed by atoms with Gasteiger partial charge in [-0.1, -0.05) is 12.1 Å². The molecule has 0 saturated carbocycles. The molecule has 1 aromatic rings. The molecule has 0 aliphatic rings. The Balaban J connectivity index is 3.27. The Labute approximate surface area is 101 Å². The molecule has 4 nitrogen and oxygen atoms in total. The van der Waals surface area contributed by atoms with Crippen LogP contribution in [0.3, 0.4) is 0 Å². The number of nitrogens with zero attached hydrogens (tertiary/aromatic N) is 1. The van der Waals surface area contributed by atoms with Gasteiger partial charge in [-0.25, -0.2) is 12.8 Å². The predicted molar refractivity (Wildman–Crippen MR) is 64.6 cm³/mol. The summed E-state index contributed by atoms with van der Waals surface area (Å²) in [5.74, 6) is -0.705. The Morgan fingerprint density at radius 1 is 1.47 bits per heavy atom. The van der Waals surface area contributed by atoms with Crippen molar-refractivity contribution in [2.45, 2.75) is 24.8 Å². The minimum absolute atomic E-state index is 0.184. The van der Waals surface area contributed by atoms with Gasteiger partial charge in [0.15, 0.2) is 0 Å². The van der Waals surface area contributed by atoms with Gasteiger partial charge in [0.1, 0.15) is 10.7 Å². The maximum Gasteiger partial charge on any atom is 0.246 e. The van der Waals surface area contributed by atoms with E-state index in [0.717, 1.165) is 4.31 Å². The van der Waals surface area contributed by atoms with Gasteiger partial charge in [-0.15, -0.1) is 0 Å². The van der Waals surface area contributed by atoms with Crippen LogP contribution in [0.15, 0.2) is 23.1 Å². The molecule has 0 aliphatic carbocycles. The van der Waals surface area contributed by atoms with Crippen LogP contribution in [0, 0.1) is 12.7 Å². The lowest BCUT2D eigenvalue weighted by Gasteiger charge is -2.23. The zero-order chi connectivity index (χ0) is 13.2. The van der Waals surface area contributed by atoms with E-state index < -0.39 is 15.8 Å². The van der Waals surface area contributed by atoms with Crippen LogP contribution in [-0.4, -0.2) is 32.4 Å². The van der Waals surface area contributed by atoms with Crippen molar-refractivity contribution in [2.75, 3.05) is 13.6 Å². The van der Waals surface area contributed by atoms with Gasteiger partial charge in [-0.3, -0.25) is 0 Å². The van der Waals surface area contributed by atoms with Crippen molar-refractivity contribution in [1.29, 1.82) is 0 Å². The first-order valence-electron chi connectivity index (χ1n) is 5.25. The van der Waals surface area contributed by atoms with E-state index >= 15 is 0 Å². The molecule has 96 valence electrons. The molecule has 17 heavy (non-hydrogen) atoms. The van der Waals surface area contributed by atoms with Gasteiger partial charge in [0.2, 0.25) is 10.0 Å². The number of halogens is 1. The molecule has 1 unspecified atom stereocenters. The lowest BCUT2D eigenvalue weighted by atomic mass is 10.2. The summed E-state index contributed by atoms with van der Waals surface area (Å²) in [5.41, 5.74) is 5.72. The molecule has 0 aliphatic heterocycles. The van der Waals surface area contributed by atoms with E-state index in [1.54, 1.807) is 6.92 Å². The summed E-state index contributed by atoms with van der Waals surface area (Å²) in [5, 5.41) is 0. The van der Waals surface area contributed by atoms with Crippen LogP contribution in [0.2, 0.25) is 0 Å². The second-order valence-electron chi connectivity index (χ2n) is 3.99. The minimum Gasteiger partial charge on any atom is -0.329 e. The lowest BCUT2D eigenvalue weighted by molar-refractivity contribution is 0.391. The van der Waals surface area contributed by atoms with Crippen LogP contribution in [0.1, 0.15) is 12.5 Å². The van der Waals surface area contributed by atoms with Crippen LogP contribution in [-0.2, 0) is 10.0 Å². The first-order valence-corrected chi connectivity index (χ1v) is 6.69. The molecule has 1 rings (SSSR count). The number of hydrogen-bond donors (Lipinski definition) is 1. The van der Waals surface area contributed by atoms with Gasteiger partial charge >= 0.3 is 0 Å². The first-order chi connectivity index (χ1) is 7.82. The third-order valence-electron chi connectivity index (χ3n) is 2.78. The number of benzene rings is 1. The third kappa shape index (κ3) is 2.65. The summed E-state index contributed by atoms with van der Waals surface area (Å²) in [6, 6.07) is 3.93. The smallest absolute Gasteiger partial charge is 0.246 e. The van der Waals surface area contributed by atoms with E-state index in [9.17, 15) is 12.8 Å². The predicted octanol–water partition coefficient (Wildman–Crippen LogP) is 1.10. The summed E-state index contributed by atoms with van der Waals surface area (Å²) in [7, 11) is -2.43. The second kappa shape index (κ2) is 5.12. The van der Waals surface area contributed by atoms with Gasteiger partial charge in [0.25, 0.3) is 0 Å². The van der Waals surface area contributed by atoms with Gasteiger partial charge in [0.05, 0.1) is 0 Å². The maximum atomic E-state index is 13.8. The molecule has 0 amide bonds. The van der Waals surface area contributed by atoms with E-state index in [0.29, 0.717) is 5.56 Å². The van der Waals surface area contributed by atoms with Crippen molar-refractivity contribution in [1.82, 2.24) is 4.31 Å². The number of aryl methyl sites for hydroxylation is 1. The molecular weight excluding hydrogens is 243 g/mol. The van der Waals surface area contributed by atoms with E-state index in [-0.39, 0.29) is 17.5 Å². The fraction of sp³-hybridized carbons (Fsp3) is 0.455. The summed E-state index contributed by atoms with van der Waals surface area (Å²) in [4.78, 5) is -0.305. The summed E-state index contributed by atoms with van der Waals surface area (Å²) >= 11 is 0. The van der Waals surface area contributed by atoms with Crippen molar-refractivity contribution < 1.29 is 12.8 Å². The minimum atomic E-state index is -3.83. The quantitative estimate of drug-likeness (QED) is 0.881. The molecule has 0 aromatic heterocycles. The van der Waals surface area contributed by atoms with Gasteiger partial charge in [-0.05, 0) is 25.5 Å². The summed E-state index contributed by atoms with van der Waals surface area (Å²) in [6.45, 7) is 3.38. The Morgan fingerprint density at radius 3 is 2.59 bits per heavy atom. The molecular formula is C11H17FN2O2S. The normalized spacial score (nSPS) is 14.0. The van der Waals surface area contributed by atoms with Crippen LogP contribution >= 0.6 is 0 Å². The monoisotopic (exact) mass is 260 g/mol. The van der Waals surface area contributed by atoms with Gasteiger partial charge < -0.3 is 5.73 Å². The Hall–Kier alpha value is -0.980. The molecule has 1 atom stereocenters. The maximum absolute atomic E-state index is 13.8. The van der Waals surface area contributed by atoms with Crippen molar-refractivity contribution in [3.63, 3.8) is 0 Å². The van der Waals surface area contributed by atoms with E-state index in [4.69, 9.17) is 5.73 Å². The van der Waals surface area contributed by atoms with Crippen molar-refractivity contribution in [3.8, 4) is 0 Å². The summed E-state index contributed by atoms with van der Waals surface area (Å²) in [6.07, 6.45) is 0. The molecule has 1 aromatic carbocycles. The average molecular weight is 260 g/mol. The highest BCUT2D eigenvalue weighted by Crippen LogP contribution is 2.21. The zero-order valence-electron chi connectivity index (χ0n) is 10.1. The topological polar surface area (TPSA) is 63.4 Å². The molecule has 0 heterocycles. The third-order valence-corrected chi connectivity index (χ3v) is 4.76. The van der Waals surface area contributed by atoms with Gasteiger partial charge in [0, 0.05) is 19.6 Å². The van der Waals surface area contributed by atoms with E-state index in [1.807, 2.05) is 0 Å². The van der Waals surface area contributed by atoms with E-state index in [1.165, 1.54) is 32.2 Å². The van der Waals surface area contributed by atoms with Crippen molar-refractivity contribution in [3.05, 3.63) is 29.6 Å². The van der Waals surface area contributed by atoms with Crippen molar-refractivity contribution >= 4 is 10.0 Å². The Morgan fingerprint density at radius 2 is 2.06 bits per heavy atom. The fourth-order valence-electron chi connectivity index (χ4n) is 1.36. The molecule has 0 spiro atoms. The van der Waals surface area contributed by atoms with Crippen LogP contribution in [0.25, 0.3) is 0 Å². The first kappa shape index (κ1) is 14.1. The highest BCUT2D eigenvalue weighted by Gasteiger charge is 2.27. The molecule has 0 saturated heterocycles. The highest BCUT2D eigenvalue weighted by atomic mass is 32.2. The van der Waals surface area contributed by atoms with Crippen LogP contribution in [0.4, 0.5) is 4.39 Å². The number of nitrogens with two attached hydrogens (primary N) is 1. The Bertz CT molecular complexity index is 502. The lowest BCUT2D eigenvalue weighted by Crippen LogP contribution is -2.40. The molecule has 0 radical (unpaired) electrons. The number of hydrogen-bond acceptors (Lipinski definition) is 3. The van der Waals surface area contributed by atoms with Crippen LogP contribution in [0.5, 0.6) is 0 Å². The second-order valence-corrected chi connectivity index (χ2v) is 5.96. The fourth-order valence-corrected chi connectivity index (χ4v) is 2.87. The molecule has 2 N–H and O–H groups in total. The number of rotatable bonds is 4. The van der Waals surface area contributed by atoms with Gasteiger partial charge in [-0.2, -0.15) is 4.31 Å². The summed E-state index contributed by atoms with van der Waals surface area (Å²) < 4.78 is 39.1. The number of likely N-dealkylation sites (N-methyl/N-ethyl adjacent to an activating group) is 1. The largest absolute Gasteiger partial charge is 0.329 e. The standard InChI is InChI=1S/C11H17FN2O2S/c1-8-5-4-6-10(11(8)12)17(15,16)14(3)9(2)7-13/h4-6,9H,7,13H2,1-3H3. The highest BCUT2D eigenvalue weighted by molar-refractivity contribution is 7.89. The van der Waals surface area contributed by atoms with Crippen molar-refractivity contribution in [2.24, 2.45) is 5.73 Å². The molecule has 0 bridgehead atoms. The zero-order valence-corrected chi connectivity index (χ0v) is 11.0. The van der Waals surface area contributed by atoms with E-state index in [2.05, 4.69) is 0 Å². The number of sulfonamides is 1. The van der Waals surface area contributed by atoms with Crippen LogP contribution < -0.4 is 5.73 Å². The molecule has 0 fully saturated rings.